The van der Waals surface area contributed by atoms with Crippen LogP contribution in [0.5, 0.6) is 5.75 Å². The van der Waals surface area contributed by atoms with E-state index in [4.69, 9.17) is 14.7 Å². The van der Waals surface area contributed by atoms with Crippen molar-refractivity contribution < 1.29 is 9.53 Å². The van der Waals surface area contributed by atoms with E-state index in [1.165, 1.54) is 4.31 Å². The average molecular weight is 481 g/mol. The van der Waals surface area contributed by atoms with Crippen LogP contribution in [0.3, 0.4) is 0 Å². The SMILES string of the molecule is COc1ccccc1CNC(=O)N(S)C1CCC(Nc2nc(N(C)C)c3ccccc3n2)CC1. The molecule has 0 aliphatic heterocycles. The van der Waals surface area contributed by atoms with E-state index in [0.29, 0.717) is 12.5 Å². The Labute approximate surface area is 206 Å². The number of anilines is 2. The van der Waals surface area contributed by atoms with Crippen molar-refractivity contribution in [1.29, 1.82) is 0 Å². The number of rotatable bonds is 7. The Morgan fingerprint density at radius 1 is 1.06 bits per heavy atom. The van der Waals surface area contributed by atoms with Crippen molar-refractivity contribution in [3.8, 4) is 5.75 Å². The van der Waals surface area contributed by atoms with Crippen LogP contribution in [0.2, 0.25) is 0 Å². The van der Waals surface area contributed by atoms with Gasteiger partial charge < -0.3 is 20.3 Å². The van der Waals surface area contributed by atoms with Crippen LogP contribution in [0.4, 0.5) is 16.6 Å². The van der Waals surface area contributed by atoms with Gasteiger partial charge in [0.15, 0.2) is 0 Å². The molecular formula is C25H32N6O2S. The number of hydrogen-bond donors (Lipinski definition) is 3. The van der Waals surface area contributed by atoms with E-state index in [1.807, 2.05) is 67.5 Å². The van der Waals surface area contributed by atoms with Crippen LogP contribution in [-0.4, -0.2) is 53.6 Å². The fourth-order valence-corrected chi connectivity index (χ4v) is 4.68. The largest absolute Gasteiger partial charge is 0.496 e. The number of nitrogens with zero attached hydrogens (tertiary/aromatic N) is 4. The number of para-hydroxylation sites is 2. The van der Waals surface area contributed by atoms with Crippen molar-refractivity contribution in [2.24, 2.45) is 0 Å². The van der Waals surface area contributed by atoms with Gasteiger partial charge >= 0.3 is 6.03 Å². The maximum atomic E-state index is 12.7. The summed E-state index contributed by atoms with van der Waals surface area (Å²) in [6.07, 6.45) is 3.54. The molecule has 0 spiro atoms. The number of methoxy groups -OCH3 is 1. The van der Waals surface area contributed by atoms with Crippen molar-refractivity contribution in [3.05, 3.63) is 54.1 Å². The van der Waals surface area contributed by atoms with Crippen molar-refractivity contribution in [2.75, 3.05) is 31.4 Å². The van der Waals surface area contributed by atoms with E-state index >= 15 is 0 Å². The van der Waals surface area contributed by atoms with Gasteiger partial charge in [-0.05, 0) is 43.9 Å². The number of aromatic nitrogens is 2. The van der Waals surface area contributed by atoms with E-state index < -0.39 is 0 Å². The third kappa shape index (κ3) is 5.47. The molecule has 9 heteroatoms. The number of carbonyl (C=O) groups is 1. The number of benzene rings is 2. The minimum absolute atomic E-state index is 0.0777. The molecule has 4 rings (SSSR count). The van der Waals surface area contributed by atoms with Crippen LogP contribution in [0.25, 0.3) is 10.9 Å². The van der Waals surface area contributed by atoms with Crippen LogP contribution < -0.4 is 20.3 Å². The Morgan fingerprint density at radius 2 is 1.76 bits per heavy atom. The van der Waals surface area contributed by atoms with Crippen molar-refractivity contribution >= 4 is 41.5 Å². The van der Waals surface area contributed by atoms with Gasteiger partial charge in [-0.3, -0.25) is 4.31 Å². The number of thiol groups is 1. The standard InChI is InChI=1S/C25H32N6O2S/c1-30(2)23-20-9-5-6-10-21(20)28-24(29-23)27-18-12-14-19(15-13-18)31(34)25(32)26-16-17-8-4-7-11-22(17)33-3/h4-11,18-19,34H,12-16H2,1-3H3,(H,26,32)(H,27,28,29). The minimum Gasteiger partial charge on any atom is -0.496 e. The quantitative estimate of drug-likeness (QED) is 0.433. The zero-order chi connectivity index (χ0) is 24.1. The summed E-state index contributed by atoms with van der Waals surface area (Å²) in [5, 5.41) is 7.49. The molecule has 0 atom stereocenters. The molecule has 8 nitrogen and oxygen atoms in total. The molecule has 1 aliphatic carbocycles. The third-order valence-corrected chi connectivity index (χ3v) is 6.72. The number of nitrogens with one attached hydrogen (secondary N) is 2. The minimum atomic E-state index is -0.195. The van der Waals surface area contributed by atoms with Gasteiger partial charge in [0.2, 0.25) is 5.95 Å². The molecule has 0 unspecified atom stereocenters. The highest BCUT2D eigenvalue weighted by molar-refractivity contribution is 7.78. The lowest BCUT2D eigenvalue weighted by atomic mass is 9.91. The fraction of sp³-hybridized carbons (Fsp3) is 0.400. The molecule has 1 heterocycles. The molecule has 1 saturated carbocycles. The highest BCUT2D eigenvalue weighted by Crippen LogP contribution is 2.28. The predicted octanol–water partition coefficient (Wildman–Crippen LogP) is 4.48. The summed E-state index contributed by atoms with van der Waals surface area (Å²) in [6, 6.07) is 15.8. The second-order valence-corrected chi connectivity index (χ2v) is 9.18. The zero-order valence-electron chi connectivity index (χ0n) is 19.9. The smallest absolute Gasteiger partial charge is 0.327 e. The molecule has 2 aromatic carbocycles. The van der Waals surface area contributed by atoms with Crippen molar-refractivity contribution in [2.45, 2.75) is 44.3 Å². The predicted molar refractivity (Wildman–Crippen MR) is 140 cm³/mol. The second-order valence-electron chi connectivity index (χ2n) is 8.75. The van der Waals surface area contributed by atoms with Crippen molar-refractivity contribution in [3.63, 3.8) is 0 Å². The Kier molecular flexibility index (Phi) is 7.62. The Hall–Kier alpha value is -3.20. The summed E-state index contributed by atoms with van der Waals surface area (Å²) in [5.74, 6) is 2.30. The first-order chi connectivity index (χ1) is 16.5. The number of urea groups is 1. The molecule has 2 N–H and O–H groups in total. The Morgan fingerprint density at radius 3 is 2.50 bits per heavy atom. The van der Waals surface area contributed by atoms with Gasteiger partial charge in [0, 0.05) is 43.7 Å². The molecule has 0 saturated heterocycles. The lowest BCUT2D eigenvalue weighted by molar-refractivity contribution is 0.204. The second kappa shape index (κ2) is 10.8. The molecule has 1 aliphatic rings. The van der Waals surface area contributed by atoms with Gasteiger partial charge in [-0.1, -0.05) is 43.1 Å². The lowest BCUT2D eigenvalue weighted by Gasteiger charge is -2.34. The fourth-order valence-electron chi connectivity index (χ4n) is 4.38. The van der Waals surface area contributed by atoms with Crippen LogP contribution in [-0.2, 0) is 6.54 Å². The summed E-state index contributed by atoms with van der Waals surface area (Å²) in [7, 11) is 5.61. The zero-order valence-corrected chi connectivity index (χ0v) is 20.8. The van der Waals surface area contributed by atoms with E-state index in [-0.39, 0.29) is 18.1 Å². The number of carbonyl (C=O) groups excluding carboxylic acids is 1. The number of ether oxygens (including phenoxy) is 1. The normalized spacial score (nSPS) is 17.8. The van der Waals surface area contributed by atoms with E-state index in [2.05, 4.69) is 23.4 Å². The van der Waals surface area contributed by atoms with E-state index in [0.717, 1.165) is 53.7 Å². The first-order valence-electron chi connectivity index (χ1n) is 11.5. The van der Waals surface area contributed by atoms with Crippen LogP contribution in [0.15, 0.2) is 48.5 Å². The molecule has 3 aromatic rings. The number of fused-ring (bicyclic) bond motifs is 1. The van der Waals surface area contributed by atoms with E-state index in [1.54, 1.807) is 7.11 Å². The molecule has 1 fully saturated rings. The van der Waals surface area contributed by atoms with Gasteiger partial charge in [0.05, 0.1) is 12.6 Å². The van der Waals surface area contributed by atoms with Gasteiger partial charge in [-0.2, -0.15) is 4.98 Å². The average Bonchev–Trinajstić information content (AvgIpc) is 2.86. The summed E-state index contributed by atoms with van der Waals surface area (Å²) in [5.41, 5.74) is 1.85. The summed E-state index contributed by atoms with van der Waals surface area (Å²) < 4.78 is 6.89. The highest BCUT2D eigenvalue weighted by Gasteiger charge is 2.28. The Balaban J connectivity index is 1.32. The maximum Gasteiger partial charge on any atom is 0.327 e. The lowest BCUT2D eigenvalue weighted by Crippen LogP contribution is -2.43. The maximum absolute atomic E-state index is 12.7. The molecule has 2 amide bonds. The van der Waals surface area contributed by atoms with Crippen molar-refractivity contribution in [1.82, 2.24) is 19.6 Å². The first-order valence-corrected chi connectivity index (χ1v) is 11.9. The van der Waals surface area contributed by atoms with E-state index in [9.17, 15) is 4.79 Å². The molecule has 34 heavy (non-hydrogen) atoms. The highest BCUT2D eigenvalue weighted by atomic mass is 32.1. The number of amides is 2. The third-order valence-electron chi connectivity index (χ3n) is 6.21. The Bertz CT molecular complexity index is 1130. The summed E-state index contributed by atoms with van der Waals surface area (Å²) in [4.78, 5) is 24.1. The van der Waals surface area contributed by atoms with Gasteiger partial charge in [-0.25, -0.2) is 9.78 Å². The first kappa shape index (κ1) is 23.9. The van der Waals surface area contributed by atoms with Crippen LogP contribution >= 0.6 is 12.8 Å². The molecule has 0 radical (unpaired) electrons. The summed E-state index contributed by atoms with van der Waals surface area (Å²) >= 11 is 4.51. The van der Waals surface area contributed by atoms with Crippen LogP contribution in [0, 0.1) is 0 Å². The van der Waals surface area contributed by atoms with Gasteiger partial charge in [0.25, 0.3) is 0 Å². The number of hydrogen-bond acceptors (Lipinski definition) is 7. The monoisotopic (exact) mass is 480 g/mol. The molecule has 180 valence electrons. The summed E-state index contributed by atoms with van der Waals surface area (Å²) in [6.45, 7) is 0.393. The molecule has 0 bridgehead atoms. The molecular weight excluding hydrogens is 448 g/mol. The van der Waals surface area contributed by atoms with Crippen LogP contribution in [0.1, 0.15) is 31.2 Å². The van der Waals surface area contributed by atoms with Gasteiger partial charge in [-0.15, -0.1) is 0 Å². The van der Waals surface area contributed by atoms with Gasteiger partial charge in [0.1, 0.15) is 11.6 Å². The molecule has 1 aromatic heterocycles. The topological polar surface area (TPSA) is 82.6 Å².